The lowest BCUT2D eigenvalue weighted by Crippen LogP contribution is -1.90. The number of aryl methyl sites for hydroxylation is 1. The number of aromatic nitrogens is 1. The second kappa shape index (κ2) is 2.48. The summed E-state index contributed by atoms with van der Waals surface area (Å²) in [6, 6.07) is 8.00. The summed E-state index contributed by atoms with van der Waals surface area (Å²) in [6.07, 6.45) is 2.60. The van der Waals surface area contributed by atoms with Crippen LogP contribution in [-0.4, -0.2) is 11.0 Å². The second-order valence-corrected chi connectivity index (χ2v) is 2.89. The van der Waals surface area contributed by atoms with Crippen LogP contribution in [-0.2, 0) is 4.79 Å². The van der Waals surface area contributed by atoms with Gasteiger partial charge >= 0.3 is 0 Å². The third kappa shape index (κ3) is 0.925. The highest BCUT2D eigenvalue weighted by Gasteiger charge is 1.98. The highest BCUT2D eigenvalue weighted by Crippen LogP contribution is 2.15. The van der Waals surface area contributed by atoms with Crippen molar-refractivity contribution in [3.05, 3.63) is 36.0 Å². The highest BCUT2D eigenvalue weighted by atomic mass is 16.1. The molecule has 0 radical (unpaired) electrons. The molecule has 1 aromatic carbocycles. The Kier molecular flexibility index (Phi) is 1.47. The van der Waals surface area contributed by atoms with E-state index in [1.165, 1.54) is 5.56 Å². The molecule has 0 aliphatic heterocycles. The van der Waals surface area contributed by atoms with E-state index in [9.17, 15) is 4.79 Å². The summed E-state index contributed by atoms with van der Waals surface area (Å²) in [7, 11) is 0. The normalized spacial score (nSPS) is 10.4. The smallest absolute Gasteiger partial charge is 0.218 e. The van der Waals surface area contributed by atoms with E-state index < -0.39 is 0 Å². The molecule has 0 saturated carbocycles. The fraction of sp³-hybridized carbons (Fsp3) is 0.100. The molecule has 12 heavy (non-hydrogen) atoms. The minimum atomic E-state index is 0.821. The van der Waals surface area contributed by atoms with Crippen LogP contribution in [0.2, 0.25) is 0 Å². The predicted molar refractivity (Wildman–Crippen MR) is 48.8 cm³/mol. The summed E-state index contributed by atoms with van der Waals surface area (Å²) in [5.41, 5.74) is 2.15. The van der Waals surface area contributed by atoms with E-state index in [0.29, 0.717) is 0 Å². The van der Waals surface area contributed by atoms with Gasteiger partial charge in [-0.25, -0.2) is 0 Å². The maximum atomic E-state index is 10.6. The number of carbonyl (C=O) groups is 1. The molecule has 2 nitrogen and oxygen atoms in total. The quantitative estimate of drug-likeness (QED) is 0.583. The zero-order chi connectivity index (χ0) is 8.55. The van der Waals surface area contributed by atoms with Crippen molar-refractivity contribution < 1.29 is 4.79 Å². The van der Waals surface area contributed by atoms with E-state index in [2.05, 4.69) is 0 Å². The molecule has 1 heterocycles. The maximum absolute atomic E-state index is 10.6. The van der Waals surface area contributed by atoms with E-state index in [4.69, 9.17) is 0 Å². The van der Waals surface area contributed by atoms with E-state index in [1.807, 2.05) is 31.2 Å². The summed E-state index contributed by atoms with van der Waals surface area (Å²) >= 11 is 0. The van der Waals surface area contributed by atoms with Crippen molar-refractivity contribution in [2.45, 2.75) is 6.92 Å². The van der Waals surface area contributed by atoms with Gasteiger partial charge in [0, 0.05) is 11.6 Å². The Morgan fingerprint density at radius 3 is 2.92 bits per heavy atom. The zero-order valence-electron chi connectivity index (χ0n) is 6.82. The Morgan fingerprint density at radius 2 is 2.17 bits per heavy atom. The van der Waals surface area contributed by atoms with Gasteiger partial charge in [0.25, 0.3) is 0 Å². The lowest BCUT2D eigenvalue weighted by atomic mass is 10.2. The lowest BCUT2D eigenvalue weighted by molar-refractivity contribution is 0.549. The van der Waals surface area contributed by atoms with E-state index >= 15 is 0 Å². The molecule has 0 amide bonds. The number of fused-ring (bicyclic) bond motifs is 1. The first-order chi connectivity index (χ1) is 5.81. The number of benzene rings is 1. The van der Waals surface area contributed by atoms with E-state index in [-0.39, 0.29) is 0 Å². The first kappa shape index (κ1) is 7.10. The second-order valence-electron chi connectivity index (χ2n) is 2.89. The lowest BCUT2D eigenvalue weighted by Gasteiger charge is -1.95. The van der Waals surface area contributed by atoms with Gasteiger partial charge in [-0.15, -0.1) is 0 Å². The number of carbonyl (C=O) groups excluding carboxylic acids is 1. The molecule has 0 fully saturated rings. The van der Waals surface area contributed by atoms with Crippen molar-refractivity contribution in [1.29, 1.82) is 0 Å². The Hall–Kier alpha value is -1.57. The van der Waals surface area contributed by atoms with Crippen molar-refractivity contribution in [3.63, 3.8) is 0 Å². The third-order valence-electron chi connectivity index (χ3n) is 1.99. The monoisotopic (exact) mass is 159 g/mol. The van der Waals surface area contributed by atoms with Gasteiger partial charge in [-0.05, 0) is 24.6 Å². The summed E-state index contributed by atoms with van der Waals surface area (Å²) in [6.45, 7) is 2.02. The van der Waals surface area contributed by atoms with E-state index in [0.717, 1.165) is 17.3 Å². The van der Waals surface area contributed by atoms with Gasteiger partial charge in [0.2, 0.25) is 6.41 Å². The van der Waals surface area contributed by atoms with Crippen molar-refractivity contribution in [2.24, 2.45) is 0 Å². The van der Waals surface area contributed by atoms with Crippen LogP contribution in [0.25, 0.3) is 10.9 Å². The SMILES string of the molecule is Cc1ccc2ccn(C=O)c2c1. The van der Waals surface area contributed by atoms with E-state index in [1.54, 1.807) is 10.8 Å². The molecule has 2 heteroatoms. The molecule has 0 bridgehead atoms. The Morgan fingerprint density at radius 1 is 1.33 bits per heavy atom. The molecule has 0 saturated heterocycles. The molecule has 0 aliphatic rings. The molecule has 0 N–H and O–H groups in total. The van der Waals surface area contributed by atoms with Gasteiger partial charge < -0.3 is 0 Å². The molecule has 60 valence electrons. The Bertz CT molecular complexity index is 428. The summed E-state index contributed by atoms with van der Waals surface area (Å²) < 4.78 is 1.59. The highest BCUT2D eigenvalue weighted by molar-refractivity contribution is 5.85. The van der Waals surface area contributed by atoms with Crippen molar-refractivity contribution in [1.82, 2.24) is 4.57 Å². The first-order valence-electron chi connectivity index (χ1n) is 3.84. The van der Waals surface area contributed by atoms with Gasteiger partial charge in [-0.3, -0.25) is 9.36 Å². The topological polar surface area (TPSA) is 22.0 Å². The zero-order valence-corrected chi connectivity index (χ0v) is 6.82. The van der Waals surface area contributed by atoms with Crippen LogP contribution in [0.1, 0.15) is 5.56 Å². The molecular weight excluding hydrogens is 150 g/mol. The largest absolute Gasteiger partial charge is 0.290 e. The van der Waals surface area contributed by atoms with Gasteiger partial charge in [-0.2, -0.15) is 0 Å². The first-order valence-corrected chi connectivity index (χ1v) is 3.84. The molecule has 0 spiro atoms. The van der Waals surface area contributed by atoms with Gasteiger partial charge in [0.05, 0.1) is 5.52 Å². The maximum Gasteiger partial charge on any atom is 0.218 e. The average Bonchev–Trinajstić information content (AvgIpc) is 2.46. The predicted octanol–water partition coefficient (Wildman–Crippen LogP) is 1.99. The molecule has 0 unspecified atom stereocenters. The molecule has 0 aliphatic carbocycles. The minimum Gasteiger partial charge on any atom is -0.290 e. The fourth-order valence-electron chi connectivity index (χ4n) is 1.35. The van der Waals surface area contributed by atoms with Crippen molar-refractivity contribution in [2.75, 3.05) is 0 Å². The van der Waals surface area contributed by atoms with Crippen LogP contribution in [0, 0.1) is 6.92 Å². The van der Waals surface area contributed by atoms with Gasteiger partial charge in [0.15, 0.2) is 0 Å². The number of nitrogens with zero attached hydrogens (tertiary/aromatic N) is 1. The van der Waals surface area contributed by atoms with Crippen LogP contribution in [0.15, 0.2) is 30.5 Å². The standard InChI is InChI=1S/C10H9NO/c1-8-2-3-9-4-5-11(7-12)10(9)6-8/h2-7H,1H3. The van der Waals surface area contributed by atoms with Crippen LogP contribution in [0.3, 0.4) is 0 Å². The Labute approximate surface area is 70.4 Å². The van der Waals surface area contributed by atoms with Crippen LogP contribution in [0.4, 0.5) is 0 Å². The summed E-state index contributed by atoms with van der Waals surface area (Å²) in [5.74, 6) is 0. The summed E-state index contributed by atoms with van der Waals surface area (Å²) in [5, 5.41) is 1.10. The fourth-order valence-corrected chi connectivity index (χ4v) is 1.35. The summed E-state index contributed by atoms with van der Waals surface area (Å²) in [4.78, 5) is 10.6. The molecule has 1 aromatic heterocycles. The molecule has 2 rings (SSSR count). The third-order valence-corrected chi connectivity index (χ3v) is 1.99. The number of hydrogen-bond donors (Lipinski definition) is 0. The van der Waals surface area contributed by atoms with Gasteiger partial charge in [-0.1, -0.05) is 12.1 Å². The molecular formula is C10H9NO. The Balaban J connectivity index is 2.83. The average molecular weight is 159 g/mol. The molecule has 2 aromatic rings. The number of hydrogen-bond acceptors (Lipinski definition) is 1. The minimum absolute atomic E-state index is 0.821. The van der Waals surface area contributed by atoms with Crippen molar-refractivity contribution >= 4 is 17.3 Å². The number of rotatable bonds is 1. The van der Waals surface area contributed by atoms with Crippen LogP contribution >= 0.6 is 0 Å². The van der Waals surface area contributed by atoms with Crippen LogP contribution in [0.5, 0.6) is 0 Å². The molecule has 0 atom stereocenters. The van der Waals surface area contributed by atoms with Gasteiger partial charge in [0.1, 0.15) is 0 Å². The van der Waals surface area contributed by atoms with Crippen LogP contribution < -0.4 is 0 Å². The van der Waals surface area contributed by atoms with Crippen molar-refractivity contribution in [3.8, 4) is 0 Å².